The topological polar surface area (TPSA) is 142 Å². The fraction of sp³-hybridized carbons (Fsp3) is 0.304. The maximum atomic E-state index is 13.7. The van der Waals surface area contributed by atoms with Crippen LogP contribution in [0, 0.1) is 13.8 Å². The third-order valence-corrected chi connectivity index (χ3v) is 6.24. The summed E-state index contributed by atoms with van der Waals surface area (Å²) in [4.78, 5) is 38.8. The molecule has 0 saturated carbocycles. The number of nitrogens with zero attached hydrogens (tertiary/aromatic N) is 1. The number of carbonyl (C=O) groups is 3. The summed E-state index contributed by atoms with van der Waals surface area (Å²) < 4.78 is 5.75. The van der Waals surface area contributed by atoms with Crippen molar-refractivity contribution in [1.29, 1.82) is 0 Å². The fourth-order valence-electron chi connectivity index (χ4n) is 4.23. The molecule has 0 unspecified atom stereocenters. The molecule has 2 aliphatic rings. The number of rotatable bonds is 4. The van der Waals surface area contributed by atoms with E-state index in [9.17, 15) is 24.6 Å². The van der Waals surface area contributed by atoms with E-state index in [-0.39, 0.29) is 39.5 Å². The maximum Gasteiger partial charge on any atom is 0.194 e. The maximum absolute atomic E-state index is 13.7. The first-order valence-corrected chi connectivity index (χ1v) is 10.0. The first-order chi connectivity index (χ1) is 15.0. The monoisotopic (exact) mass is 437 g/mol. The molecule has 4 rings (SSSR count). The minimum atomic E-state index is -1.53. The third-order valence-electron chi connectivity index (χ3n) is 6.24. The number of H-pyrrole nitrogens is 1. The number of phenols is 2. The van der Waals surface area contributed by atoms with Crippen molar-refractivity contribution in [3.63, 3.8) is 0 Å². The highest BCUT2D eigenvalue weighted by Crippen LogP contribution is 2.57. The number of fused-ring (bicyclic) bond motifs is 3. The Kier molecular flexibility index (Phi) is 4.73. The predicted octanol–water partition coefficient (Wildman–Crippen LogP) is 2.39. The normalized spacial score (nSPS) is 21.0. The van der Waals surface area contributed by atoms with E-state index < -0.39 is 28.5 Å². The Bertz CT molecular complexity index is 1280. The van der Waals surface area contributed by atoms with E-state index in [0.717, 1.165) is 11.3 Å². The molecule has 166 valence electrons. The Morgan fingerprint density at radius 3 is 2.50 bits per heavy atom. The van der Waals surface area contributed by atoms with Gasteiger partial charge in [-0.25, -0.2) is 0 Å². The number of benzene rings is 1. The van der Waals surface area contributed by atoms with Crippen molar-refractivity contribution in [1.82, 2.24) is 15.5 Å². The number of nitrogens with one attached hydrogen (secondary N) is 2. The largest absolute Gasteiger partial charge is 0.507 e. The van der Waals surface area contributed by atoms with Gasteiger partial charge in [0.2, 0.25) is 0 Å². The number of aromatic amines is 1. The number of aryl methyl sites for hydroxylation is 1. The number of hydrogen-bond acceptors (Lipinski definition) is 8. The van der Waals surface area contributed by atoms with Gasteiger partial charge < -0.3 is 20.3 Å². The van der Waals surface area contributed by atoms with Crippen molar-refractivity contribution in [2.75, 3.05) is 0 Å². The summed E-state index contributed by atoms with van der Waals surface area (Å²) in [6.07, 6.45) is 2.85. The molecule has 9 heteroatoms. The third kappa shape index (κ3) is 2.77. The van der Waals surface area contributed by atoms with Gasteiger partial charge in [-0.2, -0.15) is 5.10 Å². The number of ether oxygens (including phenoxy) is 1. The molecule has 0 fully saturated rings. The molecule has 1 aliphatic carbocycles. The Morgan fingerprint density at radius 2 is 1.91 bits per heavy atom. The van der Waals surface area contributed by atoms with Crippen LogP contribution in [0.1, 0.15) is 53.5 Å². The second-order valence-corrected chi connectivity index (χ2v) is 8.26. The summed E-state index contributed by atoms with van der Waals surface area (Å²) in [6, 6.07) is 0. The van der Waals surface area contributed by atoms with Gasteiger partial charge in [0.25, 0.3) is 0 Å². The highest BCUT2D eigenvalue weighted by atomic mass is 16.5. The Hall–Kier alpha value is -3.88. The number of aromatic hydroxyl groups is 2. The highest BCUT2D eigenvalue weighted by molar-refractivity contribution is 6.31. The molecule has 1 aromatic heterocycles. The van der Waals surface area contributed by atoms with Gasteiger partial charge in [0, 0.05) is 35.1 Å². The minimum absolute atomic E-state index is 0.00697. The van der Waals surface area contributed by atoms with Crippen LogP contribution in [0.3, 0.4) is 0 Å². The number of hydrogen-bond donors (Lipinski definition) is 4. The zero-order valence-electron chi connectivity index (χ0n) is 18.3. The molecule has 1 atom stereocenters. The van der Waals surface area contributed by atoms with E-state index in [1.807, 2.05) is 6.92 Å². The lowest BCUT2D eigenvalue weighted by molar-refractivity contribution is -0.123. The zero-order valence-corrected chi connectivity index (χ0v) is 18.3. The summed E-state index contributed by atoms with van der Waals surface area (Å²) >= 11 is 0. The zero-order chi connectivity index (χ0) is 23.5. The summed E-state index contributed by atoms with van der Waals surface area (Å²) in [7, 11) is 0. The van der Waals surface area contributed by atoms with Crippen molar-refractivity contribution in [2.24, 2.45) is 0 Å². The van der Waals surface area contributed by atoms with Gasteiger partial charge in [-0.3, -0.25) is 19.5 Å². The van der Waals surface area contributed by atoms with E-state index in [4.69, 9.17) is 4.74 Å². The molecule has 0 amide bonds. The van der Waals surface area contributed by atoms with Crippen molar-refractivity contribution in [2.45, 2.75) is 46.6 Å². The van der Waals surface area contributed by atoms with Gasteiger partial charge in [0.05, 0.1) is 17.3 Å². The standard InChI is InChI=1S/C23H23N3O6/c1-9-19(29)17(12(4)27)21-18(20(9)30)23(5)15(32-21)6-14(28)16(22(23)31)11(3)24-7-13-8-25-26-10(13)2/h6,8,24,29-30H,7H2,1-5H3,(H,25,26)/t23-/m0/s1. The number of phenolic OH excluding ortho intramolecular Hbond substituents is 2. The van der Waals surface area contributed by atoms with E-state index in [1.54, 1.807) is 13.1 Å². The van der Waals surface area contributed by atoms with Gasteiger partial charge >= 0.3 is 0 Å². The van der Waals surface area contributed by atoms with E-state index in [0.29, 0.717) is 12.2 Å². The van der Waals surface area contributed by atoms with Crippen LogP contribution >= 0.6 is 0 Å². The number of carbonyl (C=O) groups excluding carboxylic acids is 3. The molecule has 4 N–H and O–H groups in total. The lowest BCUT2D eigenvalue weighted by atomic mass is 9.70. The summed E-state index contributed by atoms with van der Waals surface area (Å²) in [6.45, 7) is 8.07. The SMILES string of the molecule is CC(=O)c1c(O)c(C)c(O)c2c1OC1=CC(=O)C(=C(C)NCc3cn[nH]c3C)C(=O)[C@@]12C. The summed E-state index contributed by atoms with van der Waals surface area (Å²) in [5, 5.41) is 31.1. The molecule has 2 aromatic rings. The van der Waals surface area contributed by atoms with Crippen LogP contribution < -0.4 is 10.1 Å². The highest BCUT2D eigenvalue weighted by Gasteiger charge is 2.56. The summed E-state index contributed by atoms with van der Waals surface area (Å²) in [5.74, 6) is -2.47. The van der Waals surface area contributed by atoms with Crippen LogP contribution in [0.2, 0.25) is 0 Å². The van der Waals surface area contributed by atoms with Crippen LogP contribution in [0.5, 0.6) is 17.2 Å². The smallest absolute Gasteiger partial charge is 0.194 e. The van der Waals surface area contributed by atoms with Gasteiger partial charge in [-0.1, -0.05) is 0 Å². The predicted molar refractivity (Wildman–Crippen MR) is 113 cm³/mol. The van der Waals surface area contributed by atoms with Crippen LogP contribution in [-0.2, 0) is 21.5 Å². The van der Waals surface area contributed by atoms with E-state index in [2.05, 4.69) is 15.5 Å². The second kappa shape index (κ2) is 7.08. The average molecular weight is 437 g/mol. The molecule has 9 nitrogen and oxygen atoms in total. The Labute approximate surface area is 183 Å². The molecule has 0 bridgehead atoms. The van der Waals surface area contributed by atoms with Crippen molar-refractivity contribution in [3.8, 4) is 17.2 Å². The molecule has 0 radical (unpaired) electrons. The van der Waals surface area contributed by atoms with Gasteiger partial charge in [-0.15, -0.1) is 0 Å². The van der Waals surface area contributed by atoms with Crippen molar-refractivity contribution >= 4 is 17.3 Å². The lowest BCUT2D eigenvalue weighted by Crippen LogP contribution is -2.41. The fourth-order valence-corrected chi connectivity index (χ4v) is 4.23. The van der Waals surface area contributed by atoms with Gasteiger partial charge in [-0.05, 0) is 34.6 Å². The van der Waals surface area contributed by atoms with Crippen molar-refractivity contribution < 1.29 is 29.3 Å². The van der Waals surface area contributed by atoms with Crippen LogP contribution in [0.25, 0.3) is 0 Å². The molecular weight excluding hydrogens is 414 g/mol. The van der Waals surface area contributed by atoms with E-state index >= 15 is 0 Å². The Balaban J connectivity index is 1.86. The van der Waals surface area contributed by atoms with Gasteiger partial charge in [0.15, 0.2) is 17.3 Å². The molecule has 0 spiro atoms. The number of aromatic nitrogens is 2. The number of Topliss-reactive ketones (excluding diaryl/α,β-unsaturated/α-hetero) is 2. The molecule has 32 heavy (non-hydrogen) atoms. The number of ketones is 3. The first-order valence-electron chi connectivity index (χ1n) is 10.0. The lowest BCUT2D eigenvalue weighted by Gasteiger charge is -2.29. The summed E-state index contributed by atoms with van der Waals surface area (Å²) in [5.41, 5.74) is 0.505. The van der Waals surface area contributed by atoms with Crippen molar-refractivity contribution in [3.05, 3.63) is 57.2 Å². The van der Waals surface area contributed by atoms with Crippen LogP contribution in [0.15, 0.2) is 29.3 Å². The second-order valence-electron chi connectivity index (χ2n) is 8.26. The van der Waals surface area contributed by atoms with E-state index in [1.165, 1.54) is 26.8 Å². The average Bonchev–Trinajstić information content (AvgIpc) is 3.25. The van der Waals surface area contributed by atoms with Gasteiger partial charge in [0.1, 0.15) is 34.0 Å². The molecule has 0 saturated heterocycles. The Morgan fingerprint density at radius 1 is 1.22 bits per heavy atom. The van der Waals surface area contributed by atoms with Crippen LogP contribution in [0.4, 0.5) is 0 Å². The molecule has 1 aliphatic heterocycles. The molecular formula is C23H23N3O6. The number of allylic oxidation sites excluding steroid dienone is 4. The minimum Gasteiger partial charge on any atom is -0.507 e. The van der Waals surface area contributed by atoms with Crippen LogP contribution in [-0.4, -0.2) is 37.8 Å². The molecule has 1 aromatic carbocycles. The quantitative estimate of drug-likeness (QED) is 0.325. The molecule has 2 heterocycles. The first kappa shape index (κ1) is 21.4.